The van der Waals surface area contributed by atoms with Gasteiger partial charge in [0.25, 0.3) is 6.36 Å². The molecule has 2 rings (SSSR count). The molecule has 3 heteroatoms. The first-order valence-electron chi connectivity index (χ1n) is 3.71. The first-order chi connectivity index (χ1) is 5.62. The summed E-state index contributed by atoms with van der Waals surface area (Å²) in [5.41, 5.74) is -1.71. The summed E-state index contributed by atoms with van der Waals surface area (Å²) in [5, 5.41) is 0. The number of fused-ring (bicyclic) bond motifs is 1. The minimum atomic E-state index is -2.00. The van der Waals surface area contributed by atoms with Gasteiger partial charge in [-0.2, -0.15) is 4.39 Å². The molecule has 1 heterocycles. The molecule has 1 aliphatic rings. The third-order valence-corrected chi connectivity index (χ3v) is 2.07. The van der Waals surface area contributed by atoms with Gasteiger partial charge in [0.15, 0.2) is 0 Å². The minimum absolute atomic E-state index is 0.289. The van der Waals surface area contributed by atoms with E-state index in [1.54, 1.807) is 18.2 Å². The summed E-state index contributed by atoms with van der Waals surface area (Å²) >= 11 is 0. The molecule has 0 aliphatic carbocycles. The predicted molar refractivity (Wildman–Crippen MR) is 40.4 cm³/mol. The minimum Gasteiger partial charge on any atom is -0.456 e. The van der Waals surface area contributed by atoms with E-state index in [1.165, 1.54) is 13.0 Å². The van der Waals surface area contributed by atoms with E-state index in [0.717, 1.165) is 0 Å². The Morgan fingerprint density at radius 2 is 2.08 bits per heavy atom. The van der Waals surface area contributed by atoms with Gasteiger partial charge in [0.05, 0.1) is 0 Å². The molecule has 0 spiro atoms. The van der Waals surface area contributed by atoms with Crippen LogP contribution in [0.15, 0.2) is 24.3 Å². The zero-order valence-corrected chi connectivity index (χ0v) is 6.55. The van der Waals surface area contributed by atoms with E-state index in [9.17, 15) is 8.78 Å². The highest BCUT2D eigenvalue weighted by atomic mass is 19.2. The van der Waals surface area contributed by atoms with Crippen LogP contribution in [0, 0.1) is 0 Å². The molecule has 1 aromatic carbocycles. The van der Waals surface area contributed by atoms with Gasteiger partial charge in [0.1, 0.15) is 5.75 Å². The van der Waals surface area contributed by atoms with Crippen LogP contribution in [0.3, 0.4) is 0 Å². The zero-order valence-electron chi connectivity index (χ0n) is 6.55. The number of rotatable bonds is 0. The largest absolute Gasteiger partial charge is 0.456 e. The number of hydrogen-bond acceptors (Lipinski definition) is 1. The summed E-state index contributed by atoms with van der Waals surface area (Å²) in [6, 6.07) is 6.45. The van der Waals surface area contributed by atoms with Crippen molar-refractivity contribution >= 4 is 0 Å². The van der Waals surface area contributed by atoms with Crippen molar-refractivity contribution in [2.24, 2.45) is 0 Å². The first-order valence-corrected chi connectivity index (χ1v) is 3.71. The highest BCUT2D eigenvalue weighted by Gasteiger charge is 2.46. The van der Waals surface area contributed by atoms with Crippen molar-refractivity contribution in [1.82, 2.24) is 0 Å². The lowest BCUT2D eigenvalue weighted by Crippen LogP contribution is -2.26. The first kappa shape index (κ1) is 7.53. The van der Waals surface area contributed by atoms with E-state index in [4.69, 9.17) is 0 Å². The Balaban J connectivity index is 2.55. The van der Waals surface area contributed by atoms with Crippen molar-refractivity contribution < 1.29 is 13.5 Å². The van der Waals surface area contributed by atoms with Gasteiger partial charge < -0.3 is 4.74 Å². The molecule has 0 fully saturated rings. The van der Waals surface area contributed by atoms with Gasteiger partial charge in [-0.15, -0.1) is 0 Å². The molecule has 0 unspecified atom stereocenters. The van der Waals surface area contributed by atoms with E-state index in [-0.39, 0.29) is 5.56 Å². The van der Waals surface area contributed by atoms with E-state index < -0.39 is 12.0 Å². The van der Waals surface area contributed by atoms with E-state index in [1.807, 2.05) is 0 Å². The molecule has 0 radical (unpaired) electrons. The molecule has 0 aromatic heterocycles. The van der Waals surface area contributed by atoms with E-state index in [0.29, 0.717) is 5.75 Å². The molecule has 1 nitrogen and oxygen atoms in total. The van der Waals surface area contributed by atoms with Crippen molar-refractivity contribution in [3.05, 3.63) is 29.8 Å². The van der Waals surface area contributed by atoms with Gasteiger partial charge >= 0.3 is 0 Å². The Kier molecular flexibility index (Phi) is 1.37. The highest BCUT2D eigenvalue weighted by molar-refractivity contribution is 5.41. The molecule has 0 N–H and O–H groups in total. The van der Waals surface area contributed by atoms with Crippen LogP contribution in [-0.4, -0.2) is 6.36 Å². The van der Waals surface area contributed by atoms with Gasteiger partial charge in [-0.25, -0.2) is 4.39 Å². The summed E-state index contributed by atoms with van der Waals surface area (Å²) in [6.07, 6.45) is -1.88. The number of alkyl halides is 2. The van der Waals surface area contributed by atoms with Crippen LogP contribution >= 0.6 is 0 Å². The Morgan fingerprint density at radius 3 is 2.75 bits per heavy atom. The molecule has 0 saturated heterocycles. The van der Waals surface area contributed by atoms with Crippen LogP contribution in [0.25, 0.3) is 0 Å². The van der Waals surface area contributed by atoms with Crippen molar-refractivity contribution in [2.75, 3.05) is 0 Å². The fraction of sp³-hybridized carbons (Fsp3) is 0.333. The third-order valence-electron chi connectivity index (χ3n) is 2.07. The maximum Gasteiger partial charge on any atom is 0.276 e. The topological polar surface area (TPSA) is 9.23 Å². The van der Waals surface area contributed by atoms with Crippen molar-refractivity contribution in [2.45, 2.75) is 19.0 Å². The summed E-state index contributed by atoms with van der Waals surface area (Å²) < 4.78 is 31.1. The summed E-state index contributed by atoms with van der Waals surface area (Å²) in [4.78, 5) is 0. The molecule has 64 valence electrons. The molecule has 12 heavy (non-hydrogen) atoms. The van der Waals surface area contributed by atoms with Crippen LogP contribution in [0.2, 0.25) is 0 Å². The third kappa shape index (κ3) is 0.823. The maximum absolute atomic E-state index is 13.5. The van der Waals surface area contributed by atoms with Crippen LogP contribution in [-0.2, 0) is 5.67 Å². The molecular formula is C9H8F2O. The molecule has 0 saturated carbocycles. The lowest BCUT2D eigenvalue weighted by atomic mass is 10.00. The number of ether oxygens (including phenoxy) is 1. The van der Waals surface area contributed by atoms with Crippen LogP contribution in [0.5, 0.6) is 5.75 Å². The SMILES string of the molecule is C[C@]1(F)c2ccccc2O[C@@H]1F. The molecule has 1 aliphatic heterocycles. The number of benzene rings is 1. The summed E-state index contributed by atoms with van der Waals surface area (Å²) in [5.74, 6) is 0.301. The van der Waals surface area contributed by atoms with Crippen LogP contribution in [0.4, 0.5) is 8.78 Å². The number of halogens is 2. The monoisotopic (exact) mass is 170 g/mol. The maximum atomic E-state index is 13.5. The highest BCUT2D eigenvalue weighted by Crippen LogP contribution is 2.44. The molecule has 1 aromatic rings. The van der Waals surface area contributed by atoms with Gasteiger partial charge in [0, 0.05) is 5.56 Å². The van der Waals surface area contributed by atoms with Crippen molar-refractivity contribution in [3.8, 4) is 5.75 Å². The fourth-order valence-corrected chi connectivity index (χ4v) is 1.32. The Bertz CT molecular complexity index is 309. The average Bonchev–Trinajstić information content (AvgIpc) is 2.25. The number of hydrogen-bond donors (Lipinski definition) is 0. The lowest BCUT2D eigenvalue weighted by Gasteiger charge is -2.13. The normalized spacial score (nSPS) is 32.8. The predicted octanol–water partition coefficient (Wildman–Crippen LogP) is 2.56. The fourth-order valence-electron chi connectivity index (χ4n) is 1.32. The summed E-state index contributed by atoms with van der Waals surface area (Å²) in [7, 11) is 0. The number of para-hydroxylation sites is 1. The smallest absolute Gasteiger partial charge is 0.276 e. The van der Waals surface area contributed by atoms with Crippen molar-refractivity contribution in [3.63, 3.8) is 0 Å². The second kappa shape index (κ2) is 2.19. The molecule has 0 amide bonds. The van der Waals surface area contributed by atoms with Crippen LogP contribution in [0.1, 0.15) is 12.5 Å². The standard InChI is InChI=1S/C9H8F2O/c1-9(11)6-4-2-3-5-7(6)12-8(9)10/h2-5,8H,1H3/t8-,9-/m0/s1. The van der Waals surface area contributed by atoms with Gasteiger partial charge in [0.2, 0.25) is 5.67 Å². The van der Waals surface area contributed by atoms with Crippen molar-refractivity contribution in [1.29, 1.82) is 0 Å². The lowest BCUT2D eigenvalue weighted by molar-refractivity contribution is -0.0391. The quantitative estimate of drug-likeness (QED) is 0.581. The van der Waals surface area contributed by atoms with Gasteiger partial charge in [-0.3, -0.25) is 0 Å². The second-order valence-electron chi connectivity index (χ2n) is 3.01. The van der Waals surface area contributed by atoms with E-state index in [2.05, 4.69) is 4.74 Å². The second-order valence-corrected chi connectivity index (χ2v) is 3.01. The van der Waals surface area contributed by atoms with E-state index >= 15 is 0 Å². The molecule has 2 atom stereocenters. The molecular weight excluding hydrogens is 162 g/mol. The Labute approximate surface area is 69.0 Å². The van der Waals surface area contributed by atoms with Gasteiger partial charge in [-0.1, -0.05) is 18.2 Å². The summed E-state index contributed by atoms with van der Waals surface area (Å²) in [6.45, 7) is 1.18. The Hall–Kier alpha value is -1.12. The Morgan fingerprint density at radius 1 is 1.42 bits per heavy atom. The van der Waals surface area contributed by atoms with Crippen LogP contribution < -0.4 is 4.74 Å². The van der Waals surface area contributed by atoms with Gasteiger partial charge in [-0.05, 0) is 13.0 Å². The average molecular weight is 170 g/mol. The molecule has 0 bridgehead atoms. The zero-order chi connectivity index (χ0) is 8.77.